The third-order valence-electron chi connectivity index (χ3n) is 4.70. The van der Waals surface area contributed by atoms with Crippen molar-refractivity contribution < 1.29 is 0 Å². The summed E-state index contributed by atoms with van der Waals surface area (Å²) in [6.45, 7) is 0. The molecular formula is C10H12. The molecular weight excluding hydrogens is 120 g/mol. The molecule has 0 aromatic carbocycles. The van der Waals surface area contributed by atoms with E-state index in [1.165, 1.54) is 5.92 Å². The van der Waals surface area contributed by atoms with Gasteiger partial charge >= 0.3 is 0 Å². The summed E-state index contributed by atoms with van der Waals surface area (Å²) in [6.07, 6.45) is 8.18. The molecule has 4 atom stereocenters. The predicted molar refractivity (Wildman–Crippen MR) is 39.3 cm³/mol. The highest BCUT2D eigenvalue weighted by Crippen LogP contribution is 2.74. The van der Waals surface area contributed by atoms with Crippen LogP contribution in [0.25, 0.3) is 0 Å². The second kappa shape index (κ2) is 1.11. The summed E-state index contributed by atoms with van der Waals surface area (Å²) in [5.74, 6) is 6.82. The molecule has 0 heteroatoms. The Kier molecular flexibility index (Phi) is 0.508. The minimum Gasteiger partial charge on any atom is -0.0845 e. The molecule has 0 nitrogen and oxygen atoms in total. The highest BCUT2D eigenvalue weighted by Gasteiger charge is 2.69. The summed E-state index contributed by atoms with van der Waals surface area (Å²) < 4.78 is 0. The smallest absolute Gasteiger partial charge is 0.0165 e. The van der Waals surface area contributed by atoms with E-state index < -0.39 is 0 Å². The van der Waals surface area contributed by atoms with Gasteiger partial charge in [-0.15, -0.1) is 0 Å². The van der Waals surface area contributed by atoms with Gasteiger partial charge in [0.1, 0.15) is 0 Å². The monoisotopic (exact) mass is 132 g/mol. The van der Waals surface area contributed by atoms with Crippen LogP contribution < -0.4 is 0 Å². The first-order chi connectivity index (χ1) is 4.97. The van der Waals surface area contributed by atoms with Crippen LogP contribution in [0.15, 0.2) is 12.2 Å². The van der Waals surface area contributed by atoms with E-state index in [9.17, 15) is 0 Å². The predicted octanol–water partition coefficient (Wildman–Crippen LogP) is 2.07. The Morgan fingerprint density at radius 3 is 2.00 bits per heavy atom. The summed E-state index contributed by atoms with van der Waals surface area (Å²) in [5.41, 5.74) is 0. The lowest BCUT2D eigenvalue weighted by Crippen LogP contribution is -2.56. The average molecular weight is 132 g/mol. The standard InChI is InChI=1S/C10H12/c1-2-6-8-4-3-7-5(1)9(6)10(7)8/h1-2,5-10H,3-4H2/t5-,6-,7+,8+,9?,10?/m1/s1. The lowest BCUT2D eigenvalue weighted by atomic mass is 9.44. The molecule has 10 heavy (non-hydrogen) atoms. The van der Waals surface area contributed by atoms with E-state index in [4.69, 9.17) is 0 Å². The molecule has 0 unspecified atom stereocenters. The molecule has 52 valence electrons. The fraction of sp³-hybridized carbons (Fsp3) is 0.800. The van der Waals surface area contributed by atoms with Crippen LogP contribution in [-0.4, -0.2) is 0 Å². The van der Waals surface area contributed by atoms with Gasteiger partial charge in [0.2, 0.25) is 0 Å². The molecule has 0 bridgehead atoms. The van der Waals surface area contributed by atoms with Crippen LogP contribution in [0.3, 0.4) is 0 Å². The molecule has 0 amide bonds. The van der Waals surface area contributed by atoms with Gasteiger partial charge in [0.15, 0.2) is 0 Å². The Hall–Kier alpha value is -0.260. The zero-order chi connectivity index (χ0) is 6.29. The Morgan fingerprint density at radius 2 is 1.40 bits per heavy atom. The van der Waals surface area contributed by atoms with Crippen LogP contribution in [0.5, 0.6) is 0 Å². The number of rotatable bonds is 0. The van der Waals surface area contributed by atoms with E-state index in [-0.39, 0.29) is 0 Å². The van der Waals surface area contributed by atoms with Crippen LogP contribution in [0.1, 0.15) is 12.8 Å². The maximum Gasteiger partial charge on any atom is -0.0165 e. The van der Waals surface area contributed by atoms with Crippen molar-refractivity contribution in [3.63, 3.8) is 0 Å². The normalized spacial score (nSPS) is 72.8. The van der Waals surface area contributed by atoms with Crippen LogP contribution in [0.4, 0.5) is 0 Å². The number of hydrogen-bond donors (Lipinski definition) is 0. The van der Waals surface area contributed by atoms with Crippen molar-refractivity contribution in [1.29, 1.82) is 0 Å². The zero-order valence-corrected chi connectivity index (χ0v) is 6.03. The van der Waals surface area contributed by atoms with E-state index in [0.717, 1.165) is 29.6 Å². The molecule has 0 radical (unpaired) electrons. The van der Waals surface area contributed by atoms with Crippen LogP contribution >= 0.6 is 0 Å². The second-order valence-corrected chi connectivity index (χ2v) is 4.60. The summed E-state index contributed by atoms with van der Waals surface area (Å²) in [7, 11) is 0. The molecule has 0 aromatic rings. The third kappa shape index (κ3) is 0.247. The molecule has 4 aliphatic rings. The first kappa shape index (κ1) is 4.58. The fourth-order valence-electron chi connectivity index (χ4n) is 4.40. The van der Waals surface area contributed by atoms with Crippen LogP contribution in [-0.2, 0) is 0 Å². The van der Waals surface area contributed by atoms with Gasteiger partial charge in [0.25, 0.3) is 0 Å². The lowest BCUT2D eigenvalue weighted by Gasteiger charge is -2.59. The minimum atomic E-state index is 1.06. The van der Waals surface area contributed by atoms with Crippen molar-refractivity contribution in [2.75, 3.05) is 0 Å². The molecule has 0 N–H and O–H groups in total. The lowest BCUT2D eigenvalue weighted by molar-refractivity contribution is -0.112. The first-order valence-electron chi connectivity index (χ1n) is 4.65. The molecule has 0 heterocycles. The van der Waals surface area contributed by atoms with E-state index in [1.807, 2.05) is 0 Å². The Morgan fingerprint density at radius 1 is 0.800 bits per heavy atom. The van der Waals surface area contributed by atoms with E-state index in [2.05, 4.69) is 12.2 Å². The van der Waals surface area contributed by atoms with Crippen molar-refractivity contribution in [2.45, 2.75) is 12.8 Å². The molecule has 0 saturated heterocycles. The van der Waals surface area contributed by atoms with Crippen molar-refractivity contribution in [3.05, 3.63) is 12.2 Å². The van der Waals surface area contributed by atoms with Crippen molar-refractivity contribution in [3.8, 4) is 0 Å². The molecule has 0 spiro atoms. The molecule has 3 saturated carbocycles. The van der Waals surface area contributed by atoms with Crippen molar-refractivity contribution >= 4 is 0 Å². The van der Waals surface area contributed by atoms with E-state index in [1.54, 1.807) is 12.8 Å². The maximum atomic E-state index is 2.52. The molecule has 4 rings (SSSR count). The number of fused-ring (bicyclic) bond motifs is 2. The van der Waals surface area contributed by atoms with E-state index >= 15 is 0 Å². The number of allylic oxidation sites excluding steroid dienone is 2. The summed E-state index contributed by atoms with van der Waals surface area (Å²) >= 11 is 0. The maximum absolute atomic E-state index is 2.52. The third-order valence-corrected chi connectivity index (χ3v) is 4.70. The highest BCUT2D eigenvalue weighted by atomic mass is 14.7. The van der Waals surface area contributed by atoms with Gasteiger partial charge in [-0.3, -0.25) is 0 Å². The minimum absolute atomic E-state index is 1.06. The van der Waals surface area contributed by atoms with Gasteiger partial charge in [-0.2, -0.15) is 0 Å². The topological polar surface area (TPSA) is 0 Å². The van der Waals surface area contributed by atoms with Crippen LogP contribution in [0, 0.1) is 35.5 Å². The average Bonchev–Trinajstić information content (AvgIpc) is 2.10. The second-order valence-electron chi connectivity index (χ2n) is 4.60. The Balaban J connectivity index is 1.93. The summed E-state index contributed by atoms with van der Waals surface area (Å²) in [4.78, 5) is 0. The Labute approximate surface area is 61.3 Å². The molecule has 0 aliphatic heterocycles. The molecule has 4 aliphatic carbocycles. The zero-order valence-electron chi connectivity index (χ0n) is 6.03. The van der Waals surface area contributed by atoms with Crippen molar-refractivity contribution in [1.82, 2.24) is 0 Å². The fourth-order valence-corrected chi connectivity index (χ4v) is 4.40. The van der Waals surface area contributed by atoms with Crippen LogP contribution in [0.2, 0.25) is 0 Å². The van der Waals surface area contributed by atoms with Gasteiger partial charge in [-0.25, -0.2) is 0 Å². The quantitative estimate of drug-likeness (QED) is 0.443. The van der Waals surface area contributed by atoms with Crippen molar-refractivity contribution in [2.24, 2.45) is 35.5 Å². The van der Waals surface area contributed by atoms with Gasteiger partial charge in [0.05, 0.1) is 0 Å². The van der Waals surface area contributed by atoms with Gasteiger partial charge in [-0.1, -0.05) is 12.2 Å². The van der Waals surface area contributed by atoms with Gasteiger partial charge in [-0.05, 0) is 48.3 Å². The molecule has 3 fully saturated rings. The van der Waals surface area contributed by atoms with Gasteiger partial charge in [0, 0.05) is 0 Å². The largest absolute Gasteiger partial charge is 0.0845 e. The number of hydrogen-bond acceptors (Lipinski definition) is 0. The Bertz CT molecular complexity index is 206. The highest BCUT2D eigenvalue weighted by molar-refractivity contribution is 5.29. The van der Waals surface area contributed by atoms with Gasteiger partial charge < -0.3 is 0 Å². The first-order valence-corrected chi connectivity index (χ1v) is 4.65. The SMILES string of the molecule is C1=C[C@H]2C3C4[C@@H](CC[C@H]42)[C@@H]13. The summed E-state index contributed by atoms with van der Waals surface area (Å²) in [5, 5.41) is 0. The van der Waals surface area contributed by atoms with E-state index in [0.29, 0.717) is 0 Å². The molecule has 0 aromatic heterocycles. The summed E-state index contributed by atoms with van der Waals surface area (Å²) in [6, 6.07) is 0.